The summed E-state index contributed by atoms with van der Waals surface area (Å²) in [6.45, 7) is 0.525. The number of nitrogens with zero attached hydrogens (tertiary/aromatic N) is 1. The van der Waals surface area contributed by atoms with Crippen molar-refractivity contribution < 1.29 is 14.5 Å². The summed E-state index contributed by atoms with van der Waals surface area (Å²) in [5.74, 6) is -0.158. The van der Waals surface area contributed by atoms with Crippen molar-refractivity contribution in [2.45, 2.75) is 0 Å². The highest BCUT2D eigenvalue weighted by Gasteiger charge is 2.20. The molecule has 0 unspecified atom stereocenters. The molecule has 0 spiro atoms. The molecule has 0 heterocycles. The molecule has 7 heteroatoms. The molecule has 0 aliphatic rings. The minimum atomic E-state index is -0.614. The fourth-order valence-corrected chi connectivity index (χ4v) is 1.26. The normalized spacial score (nSPS) is 9.76. The summed E-state index contributed by atoms with van der Waals surface area (Å²) in [6, 6.07) is 3.98. The molecule has 0 atom stereocenters. The minimum Gasteiger partial charge on any atom is -0.497 e. The number of nitro groups is 1. The van der Waals surface area contributed by atoms with Crippen molar-refractivity contribution >= 4 is 11.6 Å². The number of hydrogen-bond acceptors (Lipinski definition) is 5. The first kappa shape index (κ1) is 12.9. The zero-order valence-corrected chi connectivity index (χ0v) is 9.30. The van der Waals surface area contributed by atoms with Crippen LogP contribution in [-0.4, -0.2) is 31.0 Å². The smallest absolute Gasteiger partial charge is 0.282 e. The van der Waals surface area contributed by atoms with Gasteiger partial charge in [-0.15, -0.1) is 0 Å². The van der Waals surface area contributed by atoms with Crippen LogP contribution >= 0.6 is 0 Å². The average molecular weight is 239 g/mol. The number of amides is 1. The molecule has 17 heavy (non-hydrogen) atoms. The number of benzene rings is 1. The number of nitro benzene ring substituents is 1. The molecule has 0 saturated carbocycles. The monoisotopic (exact) mass is 239 g/mol. The van der Waals surface area contributed by atoms with Crippen LogP contribution in [0.4, 0.5) is 5.69 Å². The van der Waals surface area contributed by atoms with Crippen LogP contribution in [0.5, 0.6) is 5.75 Å². The fraction of sp³-hybridized carbons (Fsp3) is 0.300. The third-order valence-electron chi connectivity index (χ3n) is 2.07. The summed E-state index contributed by atoms with van der Waals surface area (Å²) in [5, 5.41) is 13.2. The minimum absolute atomic E-state index is 0.0391. The molecule has 0 saturated heterocycles. The van der Waals surface area contributed by atoms with E-state index in [0.717, 1.165) is 0 Å². The Kier molecular flexibility index (Phi) is 4.41. The molecule has 0 aliphatic carbocycles. The van der Waals surface area contributed by atoms with E-state index in [-0.39, 0.29) is 24.3 Å². The van der Waals surface area contributed by atoms with E-state index < -0.39 is 10.8 Å². The first-order valence-electron chi connectivity index (χ1n) is 4.91. The van der Waals surface area contributed by atoms with Gasteiger partial charge in [0.15, 0.2) is 0 Å². The first-order valence-corrected chi connectivity index (χ1v) is 4.91. The van der Waals surface area contributed by atoms with Crippen LogP contribution < -0.4 is 15.8 Å². The van der Waals surface area contributed by atoms with Crippen LogP contribution in [0.3, 0.4) is 0 Å². The van der Waals surface area contributed by atoms with Crippen LogP contribution in [0.1, 0.15) is 10.4 Å². The fourth-order valence-electron chi connectivity index (χ4n) is 1.26. The van der Waals surface area contributed by atoms with Crippen molar-refractivity contribution in [3.63, 3.8) is 0 Å². The lowest BCUT2D eigenvalue weighted by Crippen LogP contribution is -2.29. The molecule has 0 aliphatic heterocycles. The van der Waals surface area contributed by atoms with E-state index in [1.54, 1.807) is 0 Å². The Morgan fingerprint density at radius 3 is 2.82 bits per heavy atom. The lowest BCUT2D eigenvalue weighted by molar-refractivity contribution is -0.385. The van der Waals surface area contributed by atoms with E-state index >= 15 is 0 Å². The summed E-state index contributed by atoms with van der Waals surface area (Å²) in [5.41, 5.74) is 4.93. The Morgan fingerprint density at radius 1 is 1.59 bits per heavy atom. The van der Waals surface area contributed by atoms with Gasteiger partial charge in [0.2, 0.25) is 0 Å². The quantitative estimate of drug-likeness (QED) is 0.567. The van der Waals surface area contributed by atoms with Gasteiger partial charge in [-0.05, 0) is 12.1 Å². The molecule has 1 aromatic rings. The van der Waals surface area contributed by atoms with Gasteiger partial charge >= 0.3 is 0 Å². The second-order valence-electron chi connectivity index (χ2n) is 3.18. The van der Waals surface area contributed by atoms with Crippen molar-refractivity contribution in [3.05, 3.63) is 33.9 Å². The van der Waals surface area contributed by atoms with E-state index in [1.807, 2.05) is 0 Å². The van der Waals surface area contributed by atoms with E-state index in [9.17, 15) is 14.9 Å². The second-order valence-corrected chi connectivity index (χ2v) is 3.18. The highest BCUT2D eigenvalue weighted by Crippen LogP contribution is 2.23. The highest BCUT2D eigenvalue weighted by molar-refractivity contribution is 5.98. The lowest BCUT2D eigenvalue weighted by atomic mass is 10.1. The van der Waals surface area contributed by atoms with Crippen molar-refractivity contribution in [2.24, 2.45) is 5.73 Å². The van der Waals surface area contributed by atoms with Gasteiger partial charge < -0.3 is 15.8 Å². The molecular weight excluding hydrogens is 226 g/mol. The number of carbonyl (C=O) groups is 1. The Morgan fingerprint density at radius 2 is 2.29 bits per heavy atom. The van der Waals surface area contributed by atoms with Gasteiger partial charge in [0.05, 0.1) is 12.0 Å². The van der Waals surface area contributed by atoms with Crippen molar-refractivity contribution in [1.29, 1.82) is 0 Å². The number of rotatable bonds is 5. The molecule has 1 rings (SSSR count). The molecule has 1 amide bonds. The van der Waals surface area contributed by atoms with Crippen LogP contribution in [0, 0.1) is 10.1 Å². The predicted molar refractivity (Wildman–Crippen MR) is 61.0 cm³/mol. The zero-order chi connectivity index (χ0) is 12.8. The Labute approximate surface area is 97.7 Å². The largest absolute Gasteiger partial charge is 0.497 e. The van der Waals surface area contributed by atoms with Crippen LogP contribution in [-0.2, 0) is 0 Å². The number of methoxy groups -OCH3 is 1. The van der Waals surface area contributed by atoms with Gasteiger partial charge in [-0.2, -0.15) is 0 Å². The van der Waals surface area contributed by atoms with Gasteiger partial charge in [0.1, 0.15) is 11.3 Å². The van der Waals surface area contributed by atoms with Crippen molar-refractivity contribution in [3.8, 4) is 5.75 Å². The van der Waals surface area contributed by atoms with Crippen LogP contribution in [0.25, 0.3) is 0 Å². The number of nitrogens with one attached hydrogen (secondary N) is 1. The molecule has 7 nitrogen and oxygen atoms in total. The highest BCUT2D eigenvalue weighted by atomic mass is 16.6. The summed E-state index contributed by atoms with van der Waals surface area (Å²) >= 11 is 0. The standard InChI is InChI=1S/C10H13N3O4/c1-17-7-2-3-9(13(15)16)8(6-7)10(14)12-5-4-11/h2-3,6H,4-5,11H2,1H3,(H,12,14). The maximum Gasteiger partial charge on any atom is 0.282 e. The lowest BCUT2D eigenvalue weighted by Gasteiger charge is -2.06. The third kappa shape index (κ3) is 3.15. The maximum atomic E-state index is 11.7. The SMILES string of the molecule is COc1ccc([N+](=O)[O-])c(C(=O)NCCN)c1. The summed E-state index contributed by atoms with van der Waals surface area (Å²) < 4.78 is 4.92. The van der Waals surface area contributed by atoms with Gasteiger partial charge in [-0.25, -0.2) is 0 Å². The van der Waals surface area contributed by atoms with E-state index in [4.69, 9.17) is 10.5 Å². The van der Waals surface area contributed by atoms with Crippen molar-refractivity contribution in [1.82, 2.24) is 5.32 Å². The van der Waals surface area contributed by atoms with Crippen LogP contribution in [0.2, 0.25) is 0 Å². The van der Waals surface area contributed by atoms with Gasteiger partial charge in [-0.1, -0.05) is 0 Å². The maximum absolute atomic E-state index is 11.7. The Bertz CT molecular complexity index is 434. The summed E-state index contributed by atoms with van der Waals surface area (Å²) in [6.07, 6.45) is 0. The molecule has 0 radical (unpaired) electrons. The molecular formula is C10H13N3O4. The van der Waals surface area contributed by atoms with E-state index in [0.29, 0.717) is 5.75 Å². The summed E-state index contributed by atoms with van der Waals surface area (Å²) in [7, 11) is 1.42. The number of carbonyl (C=O) groups excluding carboxylic acids is 1. The molecule has 92 valence electrons. The number of nitrogens with two attached hydrogens (primary N) is 1. The first-order chi connectivity index (χ1) is 8.10. The van der Waals surface area contributed by atoms with E-state index in [2.05, 4.69) is 5.32 Å². The topological polar surface area (TPSA) is 107 Å². The van der Waals surface area contributed by atoms with Crippen LogP contribution in [0.15, 0.2) is 18.2 Å². The summed E-state index contributed by atoms with van der Waals surface area (Å²) in [4.78, 5) is 21.8. The van der Waals surface area contributed by atoms with Gasteiger partial charge in [-0.3, -0.25) is 14.9 Å². The van der Waals surface area contributed by atoms with Gasteiger partial charge in [0, 0.05) is 19.2 Å². The van der Waals surface area contributed by atoms with Gasteiger partial charge in [0.25, 0.3) is 11.6 Å². The number of hydrogen-bond donors (Lipinski definition) is 2. The number of ether oxygens (including phenoxy) is 1. The van der Waals surface area contributed by atoms with Crippen molar-refractivity contribution in [2.75, 3.05) is 20.2 Å². The Hall–Kier alpha value is -2.15. The Balaban J connectivity index is 3.08. The molecule has 3 N–H and O–H groups in total. The molecule has 0 aromatic heterocycles. The van der Waals surface area contributed by atoms with E-state index in [1.165, 1.54) is 25.3 Å². The average Bonchev–Trinajstić information content (AvgIpc) is 2.34. The molecule has 1 aromatic carbocycles. The second kappa shape index (κ2) is 5.80. The molecule has 0 fully saturated rings. The zero-order valence-electron chi connectivity index (χ0n) is 9.30. The third-order valence-corrected chi connectivity index (χ3v) is 2.07. The predicted octanol–water partition coefficient (Wildman–Crippen LogP) is 0.292. The molecule has 0 bridgehead atoms.